The molecule has 0 aliphatic carbocycles. The van der Waals surface area contributed by atoms with Crippen molar-refractivity contribution < 1.29 is 6.85 Å². The van der Waals surface area contributed by atoms with Crippen LogP contribution in [0.3, 0.4) is 0 Å². The Kier molecular flexibility index (Phi) is 2.80. The van der Waals surface area contributed by atoms with Crippen LogP contribution in [0.5, 0.6) is 0 Å². The highest BCUT2D eigenvalue weighted by atomic mass is 15.0. The Morgan fingerprint density at radius 1 is 0.600 bits per heavy atom. The first-order chi connectivity index (χ1) is 14.4. The van der Waals surface area contributed by atoms with Crippen molar-refractivity contribution in [3.8, 4) is 33.9 Å². The lowest BCUT2D eigenvalue weighted by Crippen LogP contribution is -1.99. The van der Waals surface area contributed by atoms with Crippen molar-refractivity contribution in [1.82, 2.24) is 15.0 Å². The molecule has 0 unspecified atom stereocenters. The highest BCUT2D eigenvalue weighted by Gasteiger charge is 2.08. The van der Waals surface area contributed by atoms with Crippen LogP contribution in [0.2, 0.25) is 0 Å². The molecule has 3 aromatic carbocycles. The van der Waals surface area contributed by atoms with Crippen molar-refractivity contribution in [2.45, 2.75) is 6.92 Å². The molecule has 0 radical (unpaired) electrons. The van der Waals surface area contributed by atoms with Gasteiger partial charge in [0.15, 0.2) is 11.6 Å². The molecule has 0 atom stereocenters. The van der Waals surface area contributed by atoms with Crippen molar-refractivity contribution in [1.29, 1.82) is 0 Å². The van der Waals surface area contributed by atoms with Gasteiger partial charge in [-0.1, -0.05) is 84.8 Å². The molecule has 0 N–H and O–H groups in total. The Labute approximate surface area is 154 Å². The van der Waals surface area contributed by atoms with Crippen LogP contribution in [0.1, 0.15) is 12.7 Å². The van der Waals surface area contributed by atoms with Crippen molar-refractivity contribution in [2.75, 3.05) is 0 Å². The van der Waals surface area contributed by atoms with Crippen molar-refractivity contribution >= 4 is 0 Å². The molecule has 0 amide bonds. The molecule has 0 saturated carbocycles. The highest BCUT2D eigenvalue weighted by molar-refractivity contribution is 5.68. The molecule has 0 fully saturated rings. The van der Waals surface area contributed by atoms with E-state index in [2.05, 4.69) is 15.0 Å². The number of nitrogens with zero attached hydrogens (tertiary/aromatic N) is 3. The molecule has 0 bridgehead atoms. The summed E-state index contributed by atoms with van der Waals surface area (Å²) in [6, 6.07) is 15.7. The molecular formula is C22H17N3. The second kappa shape index (κ2) is 6.65. The van der Waals surface area contributed by atoms with E-state index in [9.17, 15) is 0 Å². The van der Waals surface area contributed by atoms with Gasteiger partial charge in [0.1, 0.15) is 5.82 Å². The molecule has 1 heterocycles. The van der Waals surface area contributed by atoms with Gasteiger partial charge < -0.3 is 0 Å². The fourth-order valence-corrected chi connectivity index (χ4v) is 2.53. The minimum atomic E-state index is -0.448. The number of hydrogen-bond donors (Lipinski definition) is 0. The van der Waals surface area contributed by atoms with Crippen LogP contribution in [0, 0.1) is 6.92 Å². The summed E-state index contributed by atoms with van der Waals surface area (Å²) in [7, 11) is 0. The van der Waals surface area contributed by atoms with Crippen LogP contribution in [-0.2, 0) is 0 Å². The molecule has 0 spiro atoms. The van der Waals surface area contributed by atoms with E-state index < -0.39 is 18.1 Å². The van der Waals surface area contributed by atoms with E-state index in [0.29, 0.717) is 11.6 Å². The van der Waals surface area contributed by atoms with Crippen LogP contribution in [0.25, 0.3) is 33.9 Å². The Hall–Kier alpha value is -3.33. The molecule has 4 rings (SSSR count). The fourth-order valence-electron chi connectivity index (χ4n) is 2.53. The molecule has 4 aromatic rings. The molecule has 3 heteroatoms. The highest BCUT2D eigenvalue weighted by Crippen LogP contribution is 2.24. The lowest BCUT2D eigenvalue weighted by molar-refractivity contribution is 0.992. The van der Waals surface area contributed by atoms with E-state index in [1.807, 2.05) is 54.6 Å². The molecule has 0 saturated heterocycles. The monoisotopic (exact) mass is 328 g/mol. The van der Waals surface area contributed by atoms with Gasteiger partial charge in [0, 0.05) is 11.1 Å². The minimum Gasteiger partial charge on any atom is -0.213 e. The number of hydrogen-bond acceptors (Lipinski definition) is 3. The average Bonchev–Trinajstić information content (AvgIpc) is 2.77. The van der Waals surface area contributed by atoms with Crippen LogP contribution >= 0.6 is 0 Å². The lowest BCUT2D eigenvalue weighted by Gasteiger charge is -2.07. The maximum Gasteiger partial charge on any atom is 0.163 e. The van der Waals surface area contributed by atoms with E-state index in [0.717, 1.165) is 16.7 Å². The maximum absolute atomic E-state index is 8.17. The van der Waals surface area contributed by atoms with Crippen LogP contribution < -0.4 is 0 Å². The smallest absolute Gasteiger partial charge is 0.163 e. The number of benzene rings is 3. The molecule has 0 aliphatic rings. The second-order valence-electron chi connectivity index (χ2n) is 5.47. The summed E-state index contributed by atoms with van der Waals surface area (Å²) in [5.74, 6) is 0.833. The summed E-state index contributed by atoms with van der Waals surface area (Å²) in [4.78, 5) is 13.0. The summed E-state index contributed by atoms with van der Waals surface area (Å²) in [6.07, 6.45) is 0. The lowest BCUT2D eigenvalue weighted by atomic mass is 10.0. The van der Waals surface area contributed by atoms with E-state index in [1.54, 1.807) is 6.92 Å². The summed E-state index contributed by atoms with van der Waals surface area (Å²) in [5, 5.41) is 0. The van der Waals surface area contributed by atoms with Gasteiger partial charge in [-0.15, -0.1) is 0 Å². The zero-order valence-electron chi connectivity index (χ0n) is 18.5. The average molecular weight is 328 g/mol. The largest absolute Gasteiger partial charge is 0.213 e. The SMILES string of the molecule is [2H]c1c([2H])c([2H])c(-c2nc(C)nc(-c3ccc(-c4ccccc4)cc3)n2)c([2H])c1[2H]. The van der Waals surface area contributed by atoms with Gasteiger partial charge in [0.25, 0.3) is 0 Å². The van der Waals surface area contributed by atoms with E-state index in [-0.39, 0.29) is 23.5 Å². The molecule has 120 valence electrons. The fraction of sp³-hybridized carbons (Fsp3) is 0.0455. The van der Waals surface area contributed by atoms with E-state index >= 15 is 0 Å². The number of aryl methyl sites for hydroxylation is 1. The van der Waals surface area contributed by atoms with Crippen molar-refractivity contribution in [2.24, 2.45) is 0 Å². The molecule has 25 heavy (non-hydrogen) atoms. The van der Waals surface area contributed by atoms with E-state index in [4.69, 9.17) is 6.85 Å². The summed E-state index contributed by atoms with van der Waals surface area (Å²) >= 11 is 0. The first kappa shape index (κ1) is 10.5. The third-order valence-corrected chi connectivity index (χ3v) is 3.72. The van der Waals surface area contributed by atoms with E-state index in [1.165, 1.54) is 0 Å². The van der Waals surface area contributed by atoms with Gasteiger partial charge in [0.2, 0.25) is 0 Å². The predicted octanol–water partition coefficient (Wildman–Crippen LogP) is 5.18. The standard InChI is InChI=1S/C22H17N3/c1-16-23-21(19-10-6-3-7-11-19)25-22(24-16)20-14-12-18(13-15-20)17-8-4-2-5-9-17/h2-15H,1H3/i3D,6D,7D,10D,11D. The first-order valence-corrected chi connectivity index (χ1v) is 7.82. The zero-order valence-corrected chi connectivity index (χ0v) is 13.5. The minimum absolute atomic E-state index is 0.0337. The van der Waals surface area contributed by atoms with Crippen molar-refractivity contribution in [3.05, 3.63) is 90.6 Å². The third-order valence-electron chi connectivity index (χ3n) is 3.72. The summed E-state index contributed by atoms with van der Waals surface area (Å²) in [5.41, 5.74) is 2.86. The topological polar surface area (TPSA) is 38.7 Å². The Morgan fingerprint density at radius 2 is 1.16 bits per heavy atom. The Balaban J connectivity index is 1.81. The zero-order chi connectivity index (χ0) is 21.4. The second-order valence-corrected chi connectivity index (χ2v) is 5.47. The van der Waals surface area contributed by atoms with Crippen LogP contribution in [-0.4, -0.2) is 15.0 Å². The van der Waals surface area contributed by atoms with Gasteiger partial charge in [-0.05, 0) is 18.1 Å². The quantitative estimate of drug-likeness (QED) is 0.520. The normalized spacial score (nSPS) is 13.4. The summed E-state index contributed by atoms with van der Waals surface area (Å²) in [6.45, 7) is 1.68. The molecule has 0 aliphatic heterocycles. The van der Waals surface area contributed by atoms with Gasteiger partial charge >= 0.3 is 0 Å². The van der Waals surface area contributed by atoms with Gasteiger partial charge in [0.05, 0.1) is 6.85 Å². The van der Waals surface area contributed by atoms with Gasteiger partial charge in [-0.25, -0.2) is 15.0 Å². The molecule has 1 aromatic heterocycles. The van der Waals surface area contributed by atoms with Crippen LogP contribution in [0.15, 0.2) is 84.8 Å². The first-order valence-electron chi connectivity index (χ1n) is 10.3. The Morgan fingerprint density at radius 3 is 1.84 bits per heavy atom. The maximum atomic E-state index is 8.17. The number of aromatic nitrogens is 3. The van der Waals surface area contributed by atoms with Gasteiger partial charge in [-0.2, -0.15) is 0 Å². The van der Waals surface area contributed by atoms with Crippen molar-refractivity contribution in [3.63, 3.8) is 0 Å². The third kappa shape index (κ3) is 3.31. The van der Waals surface area contributed by atoms with Gasteiger partial charge in [-0.3, -0.25) is 0 Å². The molecule has 3 nitrogen and oxygen atoms in total. The predicted molar refractivity (Wildman–Crippen MR) is 101 cm³/mol. The number of rotatable bonds is 3. The Bertz CT molecular complexity index is 1210. The van der Waals surface area contributed by atoms with Crippen LogP contribution in [0.4, 0.5) is 0 Å². The summed E-state index contributed by atoms with van der Waals surface area (Å²) < 4.78 is 39.9. The molecular weight excluding hydrogens is 306 g/mol.